The third-order valence-electron chi connectivity index (χ3n) is 5.70. The summed E-state index contributed by atoms with van der Waals surface area (Å²) < 4.78 is 15.9. The van der Waals surface area contributed by atoms with Crippen molar-refractivity contribution >= 4 is 5.97 Å². The van der Waals surface area contributed by atoms with E-state index in [9.17, 15) is 45.6 Å². The molecule has 2 aliphatic heterocycles. The van der Waals surface area contributed by atoms with E-state index < -0.39 is 79.2 Å². The normalized spacial score (nSPS) is 51.2. The fourth-order valence-electron chi connectivity index (χ4n) is 4.06. The lowest BCUT2D eigenvalue weighted by Crippen LogP contribution is -2.61. The van der Waals surface area contributed by atoms with Gasteiger partial charge in [0.15, 0.2) is 6.29 Å². The number of rotatable bonds is 4. The predicted molar refractivity (Wildman–Crippen MR) is 85.1 cm³/mol. The van der Waals surface area contributed by atoms with Crippen LogP contribution < -0.4 is 0 Å². The molecule has 0 unspecified atom stereocenters. The van der Waals surface area contributed by atoms with Crippen LogP contribution >= 0.6 is 0 Å². The highest BCUT2D eigenvalue weighted by Gasteiger charge is 2.64. The predicted octanol–water partition coefficient (Wildman–Crippen LogP) is -4.15. The summed E-state index contributed by atoms with van der Waals surface area (Å²) in [5.74, 6) is -3.96. The number of carboxylic acids is 1. The van der Waals surface area contributed by atoms with Crippen molar-refractivity contribution in [1.82, 2.24) is 0 Å². The highest BCUT2D eigenvalue weighted by molar-refractivity contribution is 5.87. The molecule has 12 heteroatoms. The molecule has 0 radical (unpaired) electrons. The Hall–Kier alpha value is -1.35. The Bertz CT molecular complexity index is 633. The molecule has 1 saturated heterocycles. The van der Waals surface area contributed by atoms with Crippen LogP contribution in [-0.2, 0) is 19.0 Å². The summed E-state index contributed by atoms with van der Waals surface area (Å²) >= 11 is 0. The lowest BCUT2D eigenvalue weighted by Gasteiger charge is -2.44. The molecule has 0 aromatic carbocycles. The largest absolute Gasteiger partial charge is 0.478 e. The molecule has 12 nitrogen and oxygen atoms in total. The maximum Gasteiger partial charge on any atom is 0.335 e. The van der Waals surface area contributed by atoms with E-state index in [1.807, 2.05) is 0 Å². The van der Waals surface area contributed by atoms with Crippen molar-refractivity contribution in [2.45, 2.75) is 61.7 Å². The lowest BCUT2D eigenvalue weighted by atomic mass is 9.80. The summed E-state index contributed by atoms with van der Waals surface area (Å²) in [6.07, 6.45) is -12.0. The molecule has 11 atom stereocenters. The summed E-state index contributed by atoms with van der Waals surface area (Å²) in [5, 5.41) is 79.4. The van der Waals surface area contributed by atoms with E-state index in [4.69, 9.17) is 14.2 Å². The van der Waals surface area contributed by atoms with Crippen LogP contribution in [0.2, 0.25) is 0 Å². The highest BCUT2D eigenvalue weighted by atomic mass is 16.8. The van der Waals surface area contributed by atoms with Gasteiger partial charge in [0, 0.05) is 5.92 Å². The molecule has 0 aromatic rings. The Morgan fingerprint density at radius 2 is 1.75 bits per heavy atom. The molecule has 1 saturated carbocycles. The first-order chi connectivity index (χ1) is 13.0. The van der Waals surface area contributed by atoms with Crippen molar-refractivity contribution in [3.63, 3.8) is 0 Å². The number of aliphatic hydroxyl groups is 7. The van der Waals surface area contributed by atoms with Crippen LogP contribution in [-0.4, -0.2) is 108 Å². The molecule has 8 N–H and O–H groups in total. The molecule has 0 spiro atoms. The van der Waals surface area contributed by atoms with Crippen LogP contribution in [0.25, 0.3) is 0 Å². The number of hydrogen-bond acceptors (Lipinski definition) is 11. The fourth-order valence-corrected chi connectivity index (χ4v) is 4.06. The summed E-state index contributed by atoms with van der Waals surface area (Å²) in [5.41, 5.74) is -2.42. The Morgan fingerprint density at radius 1 is 1.11 bits per heavy atom. The second-order valence-corrected chi connectivity index (χ2v) is 7.43. The second-order valence-electron chi connectivity index (χ2n) is 7.43. The second kappa shape index (κ2) is 7.48. The number of carbonyl (C=O) groups is 1. The minimum Gasteiger partial charge on any atom is -0.478 e. The van der Waals surface area contributed by atoms with Crippen molar-refractivity contribution in [1.29, 1.82) is 0 Å². The Balaban J connectivity index is 1.89. The average Bonchev–Trinajstić information content (AvgIpc) is 2.83. The smallest absolute Gasteiger partial charge is 0.335 e. The van der Waals surface area contributed by atoms with E-state index in [1.54, 1.807) is 0 Å². The van der Waals surface area contributed by atoms with E-state index >= 15 is 0 Å². The van der Waals surface area contributed by atoms with Gasteiger partial charge in [0.25, 0.3) is 0 Å². The molecular weight excluding hydrogens is 384 g/mol. The van der Waals surface area contributed by atoms with Gasteiger partial charge in [0.2, 0.25) is 6.29 Å². The quantitative estimate of drug-likeness (QED) is 0.223. The van der Waals surface area contributed by atoms with Crippen molar-refractivity contribution in [3.05, 3.63) is 11.8 Å². The number of carboxylic acid groups (broad SMARTS) is 1. The van der Waals surface area contributed by atoms with Crippen LogP contribution in [0.5, 0.6) is 0 Å². The lowest BCUT2D eigenvalue weighted by molar-refractivity contribution is -0.347. The van der Waals surface area contributed by atoms with Gasteiger partial charge in [0.05, 0.1) is 36.1 Å². The average molecular weight is 408 g/mol. The van der Waals surface area contributed by atoms with Gasteiger partial charge in [-0.2, -0.15) is 0 Å². The Morgan fingerprint density at radius 3 is 2.32 bits per heavy atom. The first kappa shape index (κ1) is 21.4. The number of aliphatic hydroxyl groups excluding tert-OH is 6. The number of hydrogen-bond donors (Lipinski definition) is 8. The van der Waals surface area contributed by atoms with E-state index in [1.165, 1.54) is 6.92 Å². The molecule has 160 valence electrons. The highest BCUT2D eigenvalue weighted by Crippen LogP contribution is 2.49. The van der Waals surface area contributed by atoms with Gasteiger partial charge >= 0.3 is 5.97 Å². The minimum absolute atomic E-state index is 0.386. The SMILES string of the molecule is C[C@@]1(O)[C@H]2[C@H](O[C@@H]3O[C@H](CO)[C@@H](O)[C@H](O)[C@H]3O)OC=C(C(=O)O)[C@H]2[C@H](O)[C@@H]1O. The van der Waals surface area contributed by atoms with Crippen LogP contribution in [0.4, 0.5) is 0 Å². The zero-order valence-corrected chi connectivity index (χ0v) is 14.8. The molecule has 28 heavy (non-hydrogen) atoms. The maximum absolute atomic E-state index is 11.5. The first-order valence-corrected chi connectivity index (χ1v) is 8.65. The van der Waals surface area contributed by atoms with Crippen LogP contribution in [0.1, 0.15) is 6.92 Å². The van der Waals surface area contributed by atoms with Crippen LogP contribution in [0.15, 0.2) is 11.8 Å². The van der Waals surface area contributed by atoms with Crippen molar-refractivity contribution in [3.8, 4) is 0 Å². The van der Waals surface area contributed by atoms with Crippen LogP contribution in [0.3, 0.4) is 0 Å². The molecule has 1 aliphatic carbocycles. The third-order valence-corrected chi connectivity index (χ3v) is 5.70. The van der Waals surface area contributed by atoms with Crippen molar-refractivity contribution in [2.24, 2.45) is 11.8 Å². The third kappa shape index (κ3) is 3.20. The zero-order chi connectivity index (χ0) is 21.0. The number of fused-ring (bicyclic) bond motifs is 1. The van der Waals surface area contributed by atoms with Crippen molar-refractivity contribution < 1.29 is 59.9 Å². The summed E-state index contributed by atoms with van der Waals surface area (Å²) in [6, 6.07) is 0. The number of aliphatic carboxylic acids is 1. The van der Waals surface area contributed by atoms with Gasteiger partial charge in [-0.3, -0.25) is 0 Å². The standard InChI is InChI=1S/C16H24O12/c1-16(25)7-6(9(19)12(16)22)4(13(23)24)3-26-14(7)28-15-11(21)10(20)8(18)5(2-17)27-15/h3,5-12,14-15,17-22,25H,2H2,1H3,(H,23,24)/t5-,6-,7-,8-,9+,10+,11-,12+,14+,15+,16-/m1/s1. The minimum atomic E-state index is -2.03. The maximum atomic E-state index is 11.5. The molecule has 0 aromatic heterocycles. The monoisotopic (exact) mass is 408 g/mol. The van der Waals surface area contributed by atoms with Gasteiger partial charge in [0.1, 0.15) is 30.5 Å². The van der Waals surface area contributed by atoms with E-state index in [0.29, 0.717) is 0 Å². The molecule has 0 bridgehead atoms. The van der Waals surface area contributed by atoms with Crippen LogP contribution in [0, 0.1) is 11.8 Å². The fraction of sp³-hybridized carbons (Fsp3) is 0.812. The molecule has 2 fully saturated rings. The van der Waals surface area contributed by atoms with Gasteiger partial charge < -0.3 is 55.1 Å². The Kier molecular flexibility index (Phi) is 5.71. The first-order valence-electron chi connectivity index (χ1n) is 8.65. The number of ether oxygens (including phenoxy) is 3. The molecular formula is C16H24O12. The molecule has 3 aliphatic rings. The zero-order valence-electron chi connectivity index (χ0n) is 14.8. The Labute approximate surface area is 158 Å². The summed E-state index contributed by atoms with van der Waals surface area (Å²) in [6.45, 7) is 0.476. The van der Waals surface area contributed by atoms with E-state index in [2.05, 4.69) is 0 Å². The van der Waals surface area contributed by atoms with Gasteiger partial charge in [-0.25, -0.2) is 4.79 Å². The van der Waals surface area contributed by atoms with Gasteiger partial charge in [-0.15, -0.1) is 0 Å². The van der Waals surface area contributed by atoms with E-state index in [0.717, 1.165) is 6.26 Å². The van der Waals surface area contributed by atoms with Gasteiger partial charge in [-0.05, 0) is 6.92 Å². The molecule has 2 heterocycles. The van der Waals surface area contributed by atoms with E-state index in [-0.39, 0.29) is 5.57 Å². The summed E-state index contributed by atoms with van der Waals surface area (Å²) in [7, 11) is 0. The van der Waals surface area contributed by atoms with Crippen molar-refractivity contribution in [2.75, 3.05) is 6.61 Å². The summed E-state index contributed by atoms with van der Waals surface area (Å²) in [4.78, 5) is 11.5. The topological polar surface area (TPSA) is 207 Å². The molecule has 3 rings (SSSR count). The van der Waals surface area contributed by atoms with Gasteiger partial charge in [-0.1, -0.05) is 0 Å². The molecule has 0 amide bonds.